The number of oxime groups is 1. The lowest BCUT2D eigenvalue weighted by molar-refractivity contribution is -0.123. The quantitative estimate of drug-likeness (QED) is 0.214. The van der Waals surface area contributed by atoms with Gasteiger partial charge in [0.1, 0.15) is 5.41 Å². The van der Waals surface area contributed by atoms with Crippen molar-refractivity contribution in [3.05, 3.63) is 27.8 Å². The van der Waals surface area contributed by atoms with Crippen molar-refractivity contribution in [3.8, 4) is 0 Å². The molecule has 6 heteroatoms. The van der Waals surface area contributed by atoms with Gasteiger partial charge in [0.2, 0.25) is 5.91 Å². The van der Waals surface area contributed by atoms with Gasteiger partial charge in [0, 0.05) is 9.26 Å². The van der Waals surface area contributed by atoms with E-state index in [-0.39, 0.29) is 11.7 Å². The first-order chi connectivity index (χ1) is 10.00. The number of benzene rings is 1. The third kappa shape index (κ3) is 4.33. The molecule has 0 radical (unpaired) electrons. The highest BCUT2D eigenvalue weighted by atomic mass is 127. The molecule has 116 valence electrons. The largest absolute Gasteiger partial charge is 0.409 e. The highest BCUT2D eigenvalue weighted by Crippen LogP contribution is 2.32. The predicted molar refractivity (Wildman–Crippen MR) is 93.4 cm³/mol. The molecule has 1 aromatic rings. The normalized spacial score (nSPS) is 12.2. The zero-order valence-corrected chi connectivity index (χ0v) is 14.6. The Hall–Kier alpha value is -1.31. The number of nitrogens with two attached hydrogens (primary N) is 1. The van der Waals surface area contributed by atoms with Crippen molar-refractivity contribution in [2.75, 3.05) is 5.32 Å². The molecule has 0 spiro atoms. The maximum atomic E-state index is 12.7. The summed E-state index contributed by atoms with van der Waals surface area (Å²) in [5.74, 6) is -0.238. The van der Waals surface area contributed by atoms with Gasteiger partial charge in [-0.1, -0.05) is 37.9 Å². The molecule has 21 heavy (non-hydrogen) atoms. The van der Waals surface area contributed by atoms with Crippen LogP contribution in [0.4, 0.5) is 5.69 Å². The summed E-state index contributed by atoms with van der Waals surface area (Å²) in [4.78, 5) is 12.7. The Labute approximate surface area is 139 Å². The standard InChI is InChI=1S/C15H22IN3O2/c1-3-8-15(9-4-2,13(17)19-21)14(20)18-12-7-5-6-11(16)10-12/h5-7,10,21H,3-4,8-9H2,1-2H3,(H2,17,19)(H,18,20). The second kappa shape index (κ2) is 8.21. The average molecular weight is 403 g/mol. The van der Waals surface area contributed by atoms with Crippen LogP contribution in [0.25, 0.3) is 0 Å². The van der Waals surface area contributed by atoms with Gasteiger partial charge in [0.15, 0.2) is 5.84 Å². The van der Waals surface area contributed by atoms with E-state index in [9.17, 15) is 4.79 Å². The number of carbonyl (C=O) groups excluding carboxylic acids is 1. The van der Waals surface area contributed by atoms with Crippen LogP contribution in [0.3, 0.4) is 0 Å². The van der Waals surface area contributed by atoms with Crippen molar-refractivity contribution in [3.63, 3.8) is 0 Å². The fraction of sp³-hybridized carbons (Fsp3) is 0.467. The molecule has 1 amide bonds. The Bertz CT molecular complexity index is 511. The third-order valence-electron chi connectivity index (χ3n) is 3.47. The van der Waals surface area contributed by atoms with Gasteiger partial charge in [0.25, 0.3) is 0 Å². The molecular formula is C15H22IN3O2. The number of nitrogens with zero attached hydrogens (tertiary/aromatic N) is 1. The van der Waals surface area contributed by atoms with E-state index in [1.807, 2.05) is 38.1 Å². The molecule has 0 unspecified atom stereocenters. The number of anilines is 1. The first kappa shape index (κ1) is 17.7. The van der Waals surface area contributed by atoms with E-state index < -0.39 is 5.41 Å². The summed E-state index contributed by atoms with van der Waals surface area (Å²) in [6.07, 6.45) is 2.64. The van der Waals surface area contributed by atoms with E-state index in [0.29, 0.717) is 18.5 Å². The molecule has 1 aromatic carbocycles. The van der Waals surface area contributed by atoms with Crippen LogP contribution in [-0.4, -0.2) is 17.0 Å². The second-order valence-electron chi connectivity index (χ2n) is 5.03. The lowest BCUT2D eigenvalue weighted by atomic mass is 9.77. The van der Waals surface area contributed by atoms with Gasteiger partial charge < -0.3 is 16.3 Å². The molecule has 0 saturated heterocycles. The number of halogens is 1. The Morgan fingerprint density at radius 3 is 2.48 bits per heavy atom. The first-order valence-electron chi connectivity index (χ1n) is 7.05. The van der Waals surface area contributed by atoms with Gasteiger partial charge in [-0.3, -0.25) is 4.79 Å². The van der Waals surface area contributed by atoms with Gasteiger partial charge in [-0.2, -0.15) is 0 Å². The predicted octanol–water partition coefficient (Wildman–Crippen LogP) is 3.56. The molecule has 0 saturated carbocycles. The smallest absolute Gasteiger partial charge is 0.238 e. The van der Waals surface area contributed by atoms with E-state index in [4.69, 9.17) is 10.9 Å². The lowest BCUT2D eigenvalue weighted by Gasteiger charge is -2.30. The Morgan fingerprint density at radius 1 is 1.38 bits per heavy atom. The molecule has 0 aliphatic carbocycles. The van der Waals surface area contributed by atoms with Crippen molar-refractivity contribution >= 4 is 40.0 Å². The molecule has 0 atom stereocenters. The summed E-state index contributed by atoms with van der Waals surface area (Å²) in [6, 6.07) is 7.54. The monoisotopic (exact) mass is 403 g/mol. The van der Waals surface area contributed by atoms with E-state index in [1.54, 1.807) is 0 Å². The molecule has 0 aromatic heterocycles. The molecule has 4 N–H and O–H groups in total. The van der Waals surface area contributed by atoms with Crippen LogP contribution in [-0.2, 0) is 4.79 Å². The summed E-state index contributed by atoms with van der Waals surface area (Å²) < 4.78 is 1.03. The summed E-state index contributed by atoms with van der Waals surface area (Å²) in [6.45, 7) is 3.96. The summed E-state index contributed by atoms with van der Waals surface area (Å²) in [5, 5.41) is 15.1. The van der Waals surface area contributed by atoms with Crippen molar-refractivity contribution in [1.29, 1.82) is 0 Å². The molecule has 0 aliphatic rings. The molecule has 0 aliphatic heterocycles. The minimum Gasteiger partial charge on any atom is -0.409 e. The van der Waals surface area contributed by atoms with Crippen LogP contribution in [0.5, 0.6) is 0 Å². The molecule has 0 bridgehead atoms. The molecule has 0 fully saturated rings. The molecule has 1 rings (SSSR count). The summed E-state index contributed by atoms with van der Waals surface area (Å²) in [5.41, 5.74) is 5.60. The van der Waals surface area contributed by atoms with Gasteiger partial charge >= 0.3 is 0 Å². The molecule has 5 nitrogen and oxygen atoms in total. The van der Waals surface area contributed by atoms with Crippen LogP contribution in [0.15, 0.2) is 29.4 Å². The maximum Gasteiger partial charge on any atom is 0.238 e. The van der Waals surface area contributed by atoms with E-state index in [1.165, 1.54) is 0 Å². The molecule has 0 heterocycles. The van der Waals surface area contributed by atoms with Crippen LogP contribution in [0.1, 0.15) is 39.5 Å². The number of hydrogen-bond donors (Lipinski definition) is 3. The second-order valence-corrected chi connectivity index (χ2v) is 6.28. The van der Waals surface area contributed by atoms with Gasteiger partial charge in [-0.05, 0) is 53.6 Å². The van der Waals surface area contributed by atoms with E-state index in [2.05, 4.69) is 33.1 Å². The van der Waals surface area contributed by atoms with Gasteiger partial charge in [-0.15, -0.1) is 0 Å². The Kier molecular flexibility index (Phi) is 6.94. The number of amidine groups is 1. The number of hydrogen-bond acceptors (Lipinski definition) is 3. The summed E-state index contributed by atoms with van der Waals surface area (Å²) in [7, 11) is 0. The average Bonchev–Trinajstić information content (AvgIpc) is 2.46. The third-order valence-corrected chi connectivity index (χ3v) is 4.14. The van der Waals surface area contributed by atoms with Crippen molar-refractivity contribution in [2.24, 2.45) is 16.3 Å². The topological polar surface area (TPSA) is 87.7 Å². The summed E-state index contributed by atoms with van der Waals surface area (Å²) >= 11 is 2.19. The highest BCUT2D eigenvalue weighted by molar-refractivity contribution is 14.1. The van der Waals surface area contributed by atoms with Crippen molar-refractivity contribution < 1.29 is 10.0 Å². The minimum atomic E-state index is -0.959. The fourth-order valence-electron chi connectivity index (χ4n) is 2.49. The van der Waals surface area contributed by atoms with Crippen LogP contribution < -0.4 is 11.1 Å². The Morgan fingerprint density at radius 2 is 2.00 bits per heavy atom. The zero-order valence-electron chi connectivity index (χ0n) is 12.4. The van der Waals surface area contributed by atoms with Crippen LogP contribution >= 0.6 is 22.6 Å². The van der Waals surface area contributed by atoms with Gasteiger partial charge in [0.05, 0.1) is 0 Å². The maximum absolute atomic E-state index is 12.7. The van der Waals surface area contributed by atoms with E-state index >= 15 is 0 Å². The SMILES string of the molecule is CCCC(CCC)(C(=O)Nc1cccc(I)c1)C(N)=NO. The van der Waals surface area contributed by atoms with Crippen LogP contribution in [0.2, 0.25) is 0 Å². The lowest BCUT2D eigenvalue weighted by Crippen LogP contribution is -2.47. The van der Waals surface area contributed by atoms with Crippen molar-refractivity contribution in [2.45, 2.75) is 39.5 Å². The number of amides is 1. The van der Waals surface area contributed by atoms with Gasteiger partial charge in [-0.25, -0.2) is 0 Å². The van der Waals surface area contributed by atoms with Crippen molar-refractivity contribution in [1.82, 2.24) is 0 Å². The molecular weight excluding hydrogens is 381 g/mol. The Balaban J connectivity index is 3.09. The fourth-order valence-corrected chi connectivity index (χ4v) is 3.03. The number of nitrogens with one attached hydrogen (secondary N) is 1. The van der Waals surface area contributed by atoms with Crippen LogP contribution in [0, 0.1) is 8.99 Å². The van der Waals surface area contributed by atoms with E-state index in [0.717, 1.165) is 16.4 Å². The first-order valence-corrected chi connectivity index (χ1v) is 8.13. The number of carbonyl (C=O) groups is 1. The minimum absolute atomic E-state index is 0.0191. The zero-order chi connectivity index (χ0) is 15.9. The number of rotatable bonds is 7. The highest BCUT2D eigenvalue weighted by Gasteiger charge is 2.41.